The van der Waals surface area contributed by atoms with Crippen molar-refractivity contribution in [2.75, 3.05) is 26.2 Å². The minimum Gasteiger partial charge on any atom is -0.486 e. The molecule has 0 N–H and O–H groups in total. The van der Waals surface area contributed by atoms with Gasteiger partial charge in [-0.25, -0.2) is 4.98 Å². The van der Waals surface area contributed by atoms with Crippen LogP contribution in [-0.4, -0.2) is 51.4 Å². The van der Waals surface area contributed by atoms with Crippen LogP contribution in [0.1, 0.15) is 21.7 Å². The molecule has 0 spiro atoms. The minimum absolute atomic E-state index is 0.125. The van der Waals surface area contributed by atoms with E-state index in [0.29, 0.717) is 6.61 Å². The van der Waals surface area contributed by atoms with Crippen molar-refractivity contribution in [1.29, 1.82) is 0 Å². The third kappa shape index (κ3) is 4.84. The molecule has 150 valence electrons. The van der Waals surface area contributed by atoms with Crippen LogP contribution in [0.5, 0.6) is 5.75 Å². The van der Waals surface area contributed by atoms with Crippen molar-refractivity contribution >= 4 is 5.91 Å². The third-order valence-corrected chi connectivity index (χ3v) is 5.30. The Hall–Kier alpha value is -3.12. The lowest BCUT2D eigenvalue weighted by Gasteiger charge is -2.34. The topological polar surface area (TPSA) is 50.6 Å². The summed E-state index contributed by atoms with van der Waals surface area (Å²) in [4.78, 5) is 21.2. The van der Waals surface area contributed by atoms with Crippen LogP contribution in [0.3, 0.4) is 0 Å². The Morgan fingerprint density at radius 3 is 2.38 bits per heavy atom. The van der Waals surface area contributed by atoms with E-state index in [9.17, 15) is 4.79 Å². The Balaban J connectivity index is 1.25. The molecule has 0 unspecified atom stereocenters. The summed E-state index contributed by atoms with van der Waals surface area (Å²) in [7, 11) is 1.96. The number of ether oxygens (including phenoxy) is 1. The number of piperazine rings is 1. The molecule has 6 nitrogen and oxygen atoms in total. The molecule has 0 radical (unpaired) electrons. The van der Waals surface area contributed by atoms with Crippen LogP contribution in [0.25, 0.3) is 0 Å². The number of aryl methyl sites for hydroxylation is 1. The second kappa shape index (κ2) is 8.92. The summed E-state index contributed by atoms with van der Waals surface area (Å²) in [6, 6.07) is 17.7. The number of carbonyl (C=O) groups excluding carboxylic acids is 1. The van der Waals surface area contributed by atoms with Gasteiger partial charge in [-0.05, 0) is 29.8 Å². The number of hydrogen-bond acceptors (Lipinski definition) is 4. The summed E-state index contributed by atoms with van der Waals surface area (Å²) in [6.45, 7) is 4.64. The third-order valence-electron chi connectivity index (χ3n) is 5.30. The van der Waals surface area contributed by atoms with E-state index in [4.69, 9.17) is 4.74 Å². The fourth-order valence-corrected chi connectivity index (χ4v) is 3.51. The molecule has 0 bridgehead atoms. The van der Waals surface area contributed by atoms with Gasteiger partial charge in [-0.15, -0.1) is 0 Å². The Bertz CT molecular complexity index is 929. The average Bonchev–Trinajstić information content (AvgIpc) is 3.18. The number of aromatic nitrogens is 2. The lowest BCUT2D eigenvalue weighted by atomic mass is 10.1. The van der Waals surface area contributed by atoms with Crippen molar-refractivity contribution < 1.29 is 9.53 Å². The number of imidazole rings is 1. The molecular weight excluding hydrogens is 364 g/mol. The van der Waals surface area contributed by atoms with Crippen molar-refractivity contribution in [3.8, 4) is 5.75 Å². The highest BCUT2D eigenvalue weighted by Gasteiger charge is 2.21. The number of nitrogens with zero attached hydrogens (tertiary/aromatic N) is 4. The largest absolute Gasteiger partial charge is 0.486 e. The SMILES string of the molecule is Cn1ccnc1COc1ccc(CN2CCN(C(=O)c3ccccc3)CC2)cc1. The normalized spacial score (nSPS) is 14.7. The zero-order valence-electron chi connectivity index (χ0n) is 16.7. The number of rotatable bonds is 6. The first-order chi connectivity index (χ1) is 14.2. The summed E-state index contributed by atoms with van der Waals surface area (Å²) in [5.74, 6) is 1.87. The quantitative estimate of drug-likeness (QED) is 0.649. The van der Waals surface area contributed by atoms with Crippen LogP contribution in [0, 0.1) is 0 Å². The van der Waals surface area contributed by atoms with Crippen molar-refractivity contribution in [2.45, 2.75) is 13.2 Å². The molecule has 0 atom stereocenters. The van der Waals surface area contributed by atoms with Crippen molar-refractivity contribution in [3.63, 3.8) is 0 Å². The molecule has 29 heavy (non-hydrogen) atoms. The molecule has 1 aliphatic heterocycles. The molecule has 2 aromatic carbocycles. The van der Waals surface area contributed by atoms with Gasteiger partial charge in [0, 0.05) is 57.7 Å². The molecule has 3 aromatic rings. The lowest BCUT2D eigenvalue weighted by molar-refractivity contribution is 0.0628. The molecule has 0 aliphatic carbocycles. The summed E-state index contributed by atoms with van der Waals surface area (Å²) >= 11 is 0. The molecule has 0 saturated carbocycles. The van der Waals surface area contributed by atoms with Gasteiger partial charge in [0.25, 0.3) is 5.91 Å². The molecule has 4 rings (SSSR count). The highest BCUT2D eigenvalue weighted by atomic mass is 16.5. The van der Waals surface area contributed by atoms with Crippen molar-refractivity contribution in [3.05, 3.63) is 83.9 Å². The maximum absolute atomic E-state index is 12.6. The van der Waals surface area contributed by atoms with E-state index in [1.807, 2.05) is 65.2 Å². The van der Waals surface area contributed by atoms with Crippen molar-refractivity contribution in [1.82, 2.24) is 19.4 Å². The second-order valence-electron chi connectivity index (χ2n) is 7.32. The van der Waals surface area contributed by atoms with E-state index < -0.39 is 0 Å². The highest BCUT2D eigenvalue weighted by molar-refractivity contribution is 5.94. The predicted octanol–water partition coefficient (Wildman–Crippen LogP) is 2.96. The molecule has 6 heteroatoms. The summed E-state index contributed by atoms with van der Waals surface area (Å²) < 4.78 is 7.77. The monoisotopic (exact) mass is 390 g/mol. The van der Waals surface area contributed by atoms with Gasteiger partial charge in [0.2, 0.25) is 0 Å². The molecule has 1 amide bonds. The smallest absolute Gasteiger partial charge is 0.253 e. The zero-order chi connectivity index (χ0) is 20.1. The minimum atomic E-state index is 0.125. The van der Waals surface area contributed by atoms with E-state index in [1.54, 1.807) is 6.20 Å². The maximum Gasteiger partial charge on any atom is 0.253 e. The highest BCUT2D eigenvalue weighted by Crippen LogP contribution is 2.16. The fraction of sp³-hybridized carbons (Fsp3) is 0.304. The van der Waals surface area contributed by atoms with Crippen LogP contribution in [0.4, 0.5) is 0 Å². The maximum atomic E-state index is 12.6. The first-order valence-corrected chi connectivity index (χ1v) is 9.93. The first-order valence-electron chi connectivity index (χ1n) is 9.93. The van der Waals surface area contributed by atoms with Gasteiger partial charge in [-0.1, -0.05) is 30.3 Å². The Morgan fingerprint density at radius 2 is 1.72 bits per heavy atom. The average molecular weight is 390 g/mol. The Kier molecular flexibility index (Phi) is 5.91. The Morgan fingerprint density at radius 1 is 1.00 bits per heavy atom. The number of amides is 1. The van der Waals surface area contributed by atoms with E-state index >= 15 is 0 Å². The van der Waals surface area contributed by atoms with E-state index in [1.165, 1.54) is 5.56 Å². The van der Waals surface area contributed by atoms with E-state index in [0.717, 1.165) is 49.9 Å². The predicted molar refractivity (Wildman–Crippen MR) is 112 cm³/mol. The van der Waals surface area contributed by atoms with Gasteiger partial charge in [-0.3, -0.25) is 9.69 Å². The van der Waals surface area contributed by atoms with Gasteiger partial charge >= 0.3 is 0 Å². The first kappa shape index (κ1) is 19.2. The molecule has 1 aliphatic rings. The molecular formula is C23H26N4O2. The number of carbonyl (C=O) groups is 1. The standard InChI is InChI=1S/C23H26N4O2/c1-25-12-11-24-22(25)18-29-21-9-7-19(8-10-21)17-26-13-15-27(16-14-26)23(28)20-5-3-2-4-6-20/h2-12H,13-18H2,1H3. The fourth-order valence-electron chi connectivity index (χ4n) is 3.51. The van der Waals surface area contributed by atoms with E-state index in [-0.39, 0.29) is 5.91 Å². The van der Waals surface area contributed by atoms with Crippen LogP contribution in [0.2, 0.25) is 0 Å². The van der Waals surface area contributed by atoms with E-state index in [2.05, 4.69) is 22.0 Å². The molecule has 1 fully saturated rings. The summed E-state index contributed by atoms with van der Waals surface area (Å²) in [5.41, 5.74) is 2.01. The van der Waals surface area contributed by atoms with Gasteiger partial charge in [0.1, 0.15) is 18.2 Å². The van der Waals surface area contributed by atoms with Gasteiger partial charge < -0.3 is 14.2 Å². The van der Waals surface area contributed by atoms with Gasteiger partial charge in [-0.2, -0.15) is 0 Å². The van der Waals surface area contributed by atoms with Crippen LogP contribution in [0.15, 0.2) is 67.0 Å². The van der Waals surface area contributed by atoms with Gasteiger partial charge in [0.05, 0.1) is 0 Å². The summed E-state index contributed by atoms with van der Waals surface area (Å²) in [6.07, 6.45) is 3.68. The Labute approximate surface area is 171 Å². The molecule has 1 aromatic heterocycles. The van der Waals surface area contributed by atoms with Gasteiger partial charge in [0.15, 0.2) is 0 Å². The van der Waals surface area contributed by atoms with Crippen LogP contribution >= 0.6 is 0 Å². The van der Waals surface area contributed by atoms with Crippen LogP contribution in [-0.2, 0) is 20.2 Å². The zero-order valence-corrected chi connectivity index (χ0v) is 16.7. The number of hydrogen-bond donors (Lipinski definition) is 0. The lowest BCUT2D eigenvalue weighted by Crippen LogP contribution is -2.48. The second-order valence-corrected chi connectivity index (χ2v) is 7.32. The van der Waals surface area contributed by atoms with Crippen molar-refractivity contribution in [2.24, 2.45) is 7.05 Å². The molecule has 1 saturated heterocycles. The molecule has 2 heterocycles. The summed E-state index contributed by atoms with van der Waals surface area (Å²) in [5, 5.41) is 0. The van der Waals surface area contributed by atoms with Crippen LogP contribution < -0.4 is 4.74 Å². The number of benzene rings is 2.